The van der Waals surface area contributed by atoms with Gasteiger partial charge in [0.1, 0.15) is 5.75 Å². The molecule has 2 rings (SSSR count). The van der Waals surface area contributed by atoms with Crippen molar-refractivity contribution in [2.24, 2.45) is 0 Å². The average Bonchev–Trinajstić information content (AvgIpc) is 2.83. The van der Waals surface area contributed by atoms with Crippen LogP contribution in [0.5, 0.6) is 5.75 Å². The third-order valence-electron chi connectivity index (χ3n) is 2.94. The number of aromatic nitrogens is 1. The van der Waals surface area contributed by atoms with Crippen LogP contribution in [0.3, 0.4) is 0 Å². The molecule has 20 heavy (non-hydrogen) atoms. The maximum Gasteiger partial charge on any atom is 0.355 e. The summed E-state index contributed by atoms with van der Waals surface area (Å²) in [5.74, 6) is -0.128. The van der Waals surface area contributed by atoms with Crippen molar-refractivity contribution >= 4 is 17.3 Å². The van der Waals surface area contributed by atoms with E-state index in [1.807, 2.05) is 31.2 Å². The lowest BCUT2D eigenvalue weighted by molar-refractivity contribution is 0.0690. The van der Waals surface area contributed by atoms with Crippen LogP contribution in [0.2, 0.25) is 0 Å². The Kier molecular flexibility index (Phi) is 4.74. The third-order valence-corrected chi connectivity index (χ3v) is 4.05. The van der Waals surface area contributed by atoms with E-state index in [-0.39, 0.29) is 5.69 Å². The number of ether oxygens (including phenoxy) is 1. The van der Waals surface area contributed by atoms with E-state index in [1.54, 1.807) is 7.11 Å². The fourth-order valence-electron chi connectivity index (χ4n) is 1.96. The van der Waals surface area contributed by atoms with Crippen molar-refractivity contribution in [3.8, 4) is 5.75 Å². The van der Waals surface area contributed by atoms with Gasteiger partial charge in [-0.15, -0.1) is 11.3 Å². The van der Waals surface area contributed by atoms with Gasteiger partial charge in [-0.2, -0.15) is 0 Å². The van der Waals surface area contributed by atoms with Crippen molar-refractivity contribution in [1.29, 1.82) is 0 Å². The van der Waals surface area contributed by atoms with E-state index in [0.29, 0.717) is 6.42 Å². The maximum absolute atomic E-state index is 11.2. The van der Waals surface area contributed by atoms with Crippen molar-refractivity contribution in [2.75, 3.05) is 7.11 Å². The SMILES string of the molecule is CCCc1sc(Cc2ccc(OC)cc2)nc1C(=O)O. The first-order valence-electron chi connectivity index (χ1n) is 6.48. The lowest BCUT2D eigenvalue weighted by atomic mass is 10.1. The molecule has 0 saturated heterocycles. The molecule has 1 heterocycles. The van der Waals surface area contributed by atoms with Gasteiger partial charge in [0, 0.05) is 11.3 Å². The van der Waals surface area contributed by atoms with Crippen molar-refractivity contribution < 1.29 is 14.6 Å². The minimum absolute atomic E-state index is 0.209. The number of hydrogen-bond acceptors (Lipinski definition) is 4. The monoisotopic (exact) mass is 291 g/mol. The summed E-state index contributed by atoms with van der Waals surface area (Å²) in [5, 5.41) is 10.0. The van der Waals surface area contributed by atoms with Gasteiger partial charge in [0.05, 0.1) is 12.1 Å². The maximum atomic E-state index is 11.2. The van der Waals surface area contributed by atoms with Crippen LogP contribution in [0, 0.1) is 0 Å². The van der Waals surface area contributed by atoms with Crippen LogP contribution in [0.15, 0.2) is 24.3 Å². The summed E-state index contributed by atoms with van der Waals surface area (Å²) in [7, 11) is 1.63. The summed E-state index contributed by atoms with van der Waals surface area (Å²) >= 11 is 1.49. The summed E-state index contributed by atoms with van der Waals surface area (Å²) in [6.07, 6.45) is 2.34. The van der Waals surface area contributed by atoms with Crippen LogP contribution in [0.25, 0.3) is 0 Å². The molecule has 0 bridgehead atoms. The number of thiazole rings is 1. The van der Waals surface area contributed by atoms with Crippen LogP contribution < -0.4 is 4.74 Å². The highest BCUT2D eigenvalue weighted by molar-refractivity contribution is 7.11. The first-order valence-corrected chi connectivity index (χ1v) is 7.30. The Hall–Kier alpha value is -1.88. The molecule has 1 N–H and O–H groups in total. The van der Waals surface area contributed by atoms with E-state index in [4.69, 9.17) is 9.84 Å². The minimum Gasteiger partial charge on any atom is -0.497 e. The Morgan fingerprint density at radius 1 is 1.35 bits per heavy atom. The van der Waals surface area contributed by atoms with Crippen LogP contribution in [0.4, 0.5) is 0 Å². The number of rotatable bonds is 6. The zero-order valence-electron chi connectivity index (χ0n) is 11.5. The fourth-order valence-corrected chi connectivity index (χ4v) is 3.15. The van der Waals surface area contributed by atoms with Gasteiger partial charge in [-0.3, -0.25) is 0 Å². The lowest BCUT2D eigenvalue weighted by Crippen LogP contribution is -2.01. The normalized spacial score (nSPS) is 10.5. The van der Waals surface area contributed by atoms with E-state index in [9.17, 15) is 4.79 Å². The fraction of sp³-hybridized carbons (Fsp3) is 0.333. The first-order chi connectivity index (χ1) is 9.63. The largest absolute Gasteiger partial charge is 0.497 e. The molecule has 4 nitrogen and oxygen atoms in total. The van der Waals surface area contributed by atoms with E-state index in [0.717, 1.165) is 34.0 Å². The Morgan fingerprint density at radius 2 is 2.05 bits per heavy atom. The Balaban J connectivity index is 2.19. The van der Waals surface area contributed by atoms with E-state index in [1.165, 1.54) is 11.3 Å². The molecular weight excluding hydrogens is 274 g/mol. The second kappa shape index (κ2) is 6.52. The molecule has 0 aliphatic rings. The standard InChI is InChI=1S/C15H17NO3S/c1-3-4-12-14(15(17)18)16-13(20-12)9-10-5-7-11(19-2)8-6-10/h5-8H,3-4,9H2,1-2H3,(H,17,18). The quantitative estimate of drug-likeness (QED) is 0.886. The molecule has 0 saturated carbocycles. The molecule has 0 fully saturated rings. The van der Waals surface area contributed by atoms with Gasteiger partial charge in [-0.1, -0.05) is 25.5 Å². The number of aromatic carboxylic acids is 1. The summed E-state index contributed by atoms with van der Waals surface area (Å²) in [5.41, 5.74) is 1.31. The first kappa shape index (κ1) is 14.5. The number of carboxylic acids is 1. The van der Waals surface area contributed by atoms with Gasteiger partial charge in [-0.25, -0.2) is 9.78 Å². The lowest BCUT2D eigenvalue weighted by Gasteiger charge is -2.01. The molecule has 0 amide bonds. The number of nitrogens with zero attached hydrogens (tertiary/aromatic N) is 1. The predicted molar refractivity (Wildman–Crippen MR) is 78.9 cm³/mol. The summed E-state index contributed by atoms with van der Waals surface area (Å²) in [6, 6.07) is 7.74. The molecule has 0 unspecified atom stereocenters. The topological polar surface area (TPSA) is 59.4 Å². The minimum atomic E-state index is -0.939. The van der Waals surface area contributed by atoms with E-state index in [2.05, 4.69) is 4.98 Å². The van der Waals surface area contributed by atoms with Gasteiger partial charge in [0.15, 0.2) is 5.69 Å². The molecule has 0 aliphatic heterocycles. The van der Waals surface area contributed by atoms with Gasteiger partial charge in [-0.05, 0) is 24.1 Å². The molecule has 1 aromatic carbocycles. The average molecular weight is 291 g/mol. The highest BCUT2D eigenvalue weighted by Crippen LogP contribution is 2.23. The molecule has 2 aromatic rings. The van der Waals surface area contributed by atoms with Crippen molar-refractivity contribution in [2.45, 2.75) is 26.2 Å². The summed E-state index contributed by atoms with van der Waals surface area (Å²) in [6.45, 7) is 2.04. The number of carbonyl (C=O) groups is 1. The molecule has 5 heteroatoms. The second-order valence-electron chi connectivity index (χ2n) is 4.46. The molecule has 1 aromatic heterocycles. The zero-order valence-corrected chi connectivity index (χ0v) is 12.4. The number of benzene rings is 1. The van der Waals surface area contributed by atoms with Crippen molar-refractivity contribution in [1.82, 2.24) is 4.98 Å². The number of methoxy groups -OCH3 is 1. The molecule has 0 radical (unpaired) electrons. The van der Waals surface area contributed by atoms with Gasteiger partial charge >= 0.3 is 5.97 Å². The molecular formula is C15H17NO3S. The Labute approximate surface area is 122 Å². The molecule has 0 aliphatic carbocycles. The second-order valence-corrected chi connectivity index (χ2v) is 5.63. The van der Waals surface area contributed by atoms with Gasteiger partial charge in [0.25, 0.3) is 0 Å². The molecule has 0 atom stereocenters. The van der Waals surface area contributed by atoms with Crippen LogP contribution in [0.1, 0.15) is 39.3 Å². The highest BCUT2D eigenvalue weighted by atomic mass is 32.1. The Bertz CT molecular complexity index is 590. The van der Waals surface area contributed by atoms with Crippen LogP contribution in [-0.4, -0.2) is 23.2 Å². The van der Waals surface area contributed by atoms with Gasteiger partial charge < -0.3 is 9.84 Å². The zero-order chi connectivity index (χ0) is 14.5. The van der Waals surface area contributed by atoms with Crippen LogP contribution >= 0.6 is 11.3 Å². The highest BCUT2D eigenvalue weighted by Gasteiger charge is 2.16. The summed E-state index contributed by atoms with van der Waals surface area (Å²) in [4.78, 5) is 16.3. The molecule has 106 valence electrons. The smallest absolute Gasteiger partial charge is 0.355 e. The third kappa shape index (κ3) is 3.36. The van der Waals surface area contributed by atoms with Gasteiger partial charge in [0.2, 0.25) is 0 Å². The predicted octanol–water partition coefficient (Wildman–Crippen LogP) is 3.39. The number of hydrogen-bond donors (Lipinski definition) is 1. The van der Waals surface area contributed by atoms with Crippen molar-refractivity contribution in [3.63, 3.8) is 0 Å². The van der Waals surface area contributed by atoms with Crippen LogP contribution in [-0.2, 0) is 12.8 Å². The van der Waals surface area contributed by atoms with E-state index < -0.39 is 5.97 Å². The van der Waals surface area contributed by atoms with Crippen molar-refractivity contribution in [3.05, 3.63) is 45.4 Å². The Morgan fingerprint density at radius 3 is 2.60 bits per heavy atom. The van der Waals surface area contributed by atoms with E-state index >= 15 is 0 Å². The number of carboxylic acid groups (broad SMARTS) is 1. The number of aryl methyl sites for hydroxylation is 1. The summed E-state index contributed by atoms with van der Waals surface area (Å²) < 4.78 is 5.12. The molecule has 0 spiro atoms.